The first-order valence-electron chi connectivity index (χ1n) is 6.57. The van der Waals surface area contributed by atoms with Gasteiger partial charge < -0.3 is 5.32 Å². The molecule has 17 heavy (non-hydrogen) atoms. The SMILES string of the molecule is CCCNC(C)CCSc1ccc(C)c(C)c1. The van der Waals surface area contributed by atoms with E-state index in [9.17, 15) is 0 Å². The van der Waals surface area contributed by atoms with Crippen LogP contribution in [0.5, 0.6) is 0 Å². The van der Waals surface area contributed by atoms with Gasteiger partial charge in [0.2, 0.25) is 0 Å². The van der Waals surface area contributed by atoms with Gasteiger partial charge in [-0.15, -0.1) is 11.8 Å². The second-order valence-electron chi connectivity index (χ2n) is 4.74. The van der Waals surface area contributed by atoms with Crippen LogP contribution in [0, 0.1) is 13.8 Å². The molecule has 0 spiro atoms. The molecule has 1 atom stereocenters. The zero-order valence-corrected chi connectivity index (χ0v) is 12.4. The van der Waals surface area contributed by atoms with E-state index in [4.69, 9.17) is 0 Å². The van der Waals surface area contributed by atoms with Crippen LogP contribution in [0.25, 0.3) is 0 Å². The van der Waals surface area contributed by atoms with Gasteiger partial charge >= 0.3 is 0 Å². The van der Waals surface area contributed by atoms with Gasteiger partial charge in [-0.3, -0.25) is 0 Å². The highest BCUT2D eigenvalue weighted by Crippen LogP contribution is 2.22. The normalized spacial score (nSPS) is 12.7. The topological polar surface area (TPSA) is 12.0 Å². The summed E-state index contributed by atoms with van der Waals surface area (Å²) in [6, 6.07) is 7.38. The number of thioether (sulfide) groups is 1. The van der Waals surface area contributed by atoms with E-state index >= 15 is 0 Å². The van der Waals surface area contributed by atoms with E-state index in [2.05, 4.69) is 51.2 Å². The van der Waals surface area contributed by atoms with Crippen LogP contribution in [0.1, 0.15) is 37.8 Å². The summed E-state index contributed by atoms with van der Waals surface area (Å²) in [5.74, 6) is 1.19. The second kappa shape index (κ2) is 7.78. The summed E-state index contributed by atoms with van der Waals surface area (Å²) in [6.07, 6.45) is 2.45. The molecule has 96 valence electrons. The molecule has 1 aromatic rings. The van der Waals surface area contributed by atoms with Crippen molar-refractivity contribution in [3.8, 4) is 0 Å². The van der Waals surface area contributed by atoms with Gasteiger partial charge in [-0.2, -0.15) is 0 Å². The van der Waals surface area contributed by atoms with Crippen LogP contribution in [0.15, 0.2) is 23.1 Å². The number of rotatable bonds is 7. The second-order valence-corrected chi connectivity index (χ2v) is 5.91. The molecule has 0 heterocycles. The predicted octanol–water partition coefficient (Wildman–Crippen LogP) is 4.17. The highest BCUT2D eigenvalue weighted by molar-refractivity contribution is 7.99. The minimum Gasteiger partial charge on any atom is -0.314 e. The first-order valence-corrected chi connectivity index (χ1v) is 7.55. The average Bonchev–Trinajstić information content (AvgIpc) is 2.31. The summed E-state index contributed by atoms with van der Waals surface area (Å²) < 4.78 is 0. The van der Waals surface area contributed by atoms with E-state index < -0.39 is 0 Å². The minimum absolute atomic E-state index is 0.633. The Hall–Kier alpha value is -0.470. The largest absolute Gasteiger partial charge is 0.314 e. The lowest BCUT2D eigenvalue weighted by Gasteiger charge is -2.12. The van der Waals surface area contributed by atoms with Crippen molar-refractivity contribution in [2.75, 3.05) is 12.3 Å². The van der Waals surface area contributed by atoms with Crippen molar-refractivity contribution in [3.05, 3.63) is 29.3 Å². The molecule has 0 aliphatic carbocycles. The van der Waals surface area contributed by atoms with E-state index in [-0.39, 0.29) is 0 Å². The first kappa shape index (κ1) is 14.6. The molecule has 0 fully saturated rings. The van der Waals surface area contributed by atoms with Gasteiger partial charge in [0.05, 0.1) is 0 Å². The summed E-state index contributed by atoms with van der Waals surface area (Å²) in [6.45, 7) is 9.97. The Labute approximate surface area is 110 Å². The Balaban J connectivity index is 2.28. The Kier molecular flexibility index (Phi) is 6.68. The molecule has 0 aromatic heterocycles. The van der Waals surface area contributed by atoms with Crippen LogP contribution in [-0.2, 0) is 0 Å². The average molecular weight is 251 g/mol. The van der Waals surface area contributed by atoms with Gasteiger partial charge in [0.25, 0.3) is 0 Å². The maximum absolute atomic E-state index is 3.53. The van der Waals surface area contributed by atoms with Gasteiger partial charge in [-0.05, 0) is 69.2 Å². The van der Waals surface area contributed by atoms with E-state index in [1.807, 2.05) is 11.8 Å². The third kappa shape index (κ3) is 5.60. The molecular weight excluding hydrogens is 226 g/mol. The van der Waals surface area contributed by atoms with Crippen LogP contribution in [-0.4, -0.2) is 18.3 Å². The highest BCUT2D eigenvalue weighted by atomic mass is 32.2. The van der Waals surface area contributed by atoms with Crippen LogP contribution in [0.2, 0.25) is 0 Å². The van der Waals surface area contributed by atoms with Crippen LogP contribution in [0.3, 0.4) is 0 Å². The van der Waals surface area contributed by atoms with E-state index in [0.29, 0.717) is 6.04 Å². The van der Waals surface area contributed by atoms with Crippen molar-refractivity contribution in [1.82, 2.24) is 5.32 Å². The number of nitrogens with one attached hydrogen (secondary N) is 1. The number of hydrogen-bond donors (Lipinski definition) is 1. The molecule has 1 rings (SSSR count). The fraction of sp³-hybridized carbons (Fsp3) is 0.600. The molecule has 1 aromatic carbocycles. The van der Waals surface area contributed by atoms with Crippen molar-refractivity contribution in [2.24, 2.45) is 0 Å². The molecule has 0 aliphatic heterocycles. The fourth-order valence-electron chi connectivity index (χ4n) is 1.65. The summed E-state index contributed by atoms with van der Waals surface area (Å²) in [5, 5.41) is 3.53. The molecular formula is C15H25NS. The van der Waals surface area contributed by atoms with Gasteiger partial charge in [-0.1, -0.05) is 13.0 Å². The smallest absolute Gasteiger partial charge is 0.00747 e. The van der Waals surface area contributed by atoms with E-state index in [1.54, 1.807) is 0 Å². The van der Waals surface area contributed by atoms with Crippen LogP contribution >= 0.6 is 11.8 Å². The van der Waals surface area contributed by atoms with Crippen molar-refractivity contribution in [1.29, 1.82) is 0 Å². The maximum atomic E-state index is 3.53. The molecule has 2 heteroatoms. The number of aryl methyl sites for hydroxylation is 2. The quantitative estimate of drug-likeness (QED) is 0.730. The van der Waals surface area contributed by atoms with Crippen molar-refractivity contribution in [3.63, 3.8) is 0 Å². The third-order valence-corrected chi connectivity index (χ3v) is 4.07. The Morgan fingerprint density at radius 1 is 1.24 bits per heavy atom. The fourth-order valence-corrected chi connectivity index (χ4v) is 2.78. The van der Waals surface area contributed by atoms with Gasteiger partial charge in [0.15, 0.2) is 0 Å². The number of benzene rings is 1. The predicted molar refractivity (Wildman–Crippen MR) is 79.0 cm³/mol. The summed E-state index contributed by atoms with van der Waals surface area (Å²) >= 11 is 1.97. The molecule has 0 aliphatic rings. The highest BCUT2D eigenvalue weighted by Gasteiger charge is 2.01. The molecule has 0 amide bonds. The van der Waals surface area contributed by atoms with Crippen molar-refractivity contribution in [2.45, 2.75) is 51.5 Å². The van der Waals surface area contributed by atoms with Gasteiger partial charge in [0.1, 0.15) is 0 Å². The van der Waals surface area contributed by atoms with E-state index in [0.717, 1.165) is 6.54 Å². The first-order chi connectivity index (χ1) is 8.13. The molecule has 1 nitrogen and oxygen atoms in total. The zero-order chi connectivity index (χ0) is 12.7. The standard InChI is InChI=1S/C15H25NS/c1-5-9-16-14(4)8-10-17-15-7-6-12(2)13(3)11-15/h6-7,11,14,16H,5,8-10H2,1-4H3. The minimum atomic E-state index is 0.633. The van der Waals surface area contributed by atoms with Gasteiger partial charge in [-0.25, -0.2) is 0 Å². The van der Waals surface area contributed by atoms with Crippen LogP contribution < -0.4 is 5.32 Å². The molecule has 1 N–H and O–H groups in total. The lowest BCUT2D eigenvalue weighted by atomic mass is 10.1. The molecule has 1 unspecified atom stereocenters. The third-order valence-electron chi connectivity index (χ3n) is 3.04. The zero-order valence-electron chi connectivity index (χ0n) is 11.5. The lowest BCUT2D eigenvalue weighted by molar-refractivity contribution is 0.536. The lowest BCUT2D eigenvalue weighted by Crippen LogP contribution is -2.27. The van der Waals surface area contributed by atoms with Crippen molar-refractivity contribution >= 4 is 11.8 Å². The molecule has 0 saturated heterocycles. The summed E-state index contributed by atoms with van der Waals surface area (Å²) in [7, 11) is 0. The Morgan fingerprint density at radius 2 is 2.00 bits per heavy atom. The number of hydrogen-bond acceptors (Lipinski definition) is 2. The summed E-state index contributed by atoms with van der Waals surface area (Å²) in [5.41, 5.74) is 2.78. The Morgan fingerprint density at radius 3 is 2.65 bits per heavy atom. The molecule has 0 bridgehead atoms. The maximum Gasteiger partial charge on any atom is 0.00747 e. The van der Waals surface area contributed by atoms with Gasteiger partial charge in [0, 0.05) is 10.9 Å². The monoisotopic (exact) mass is 251 g/mol. The van der Waals surface area contributed by atoms with Crippen LogP contribution in [0.4, 0.5) is 0 Å². The Bertz CT molecular complexity index is 336. The summed E-state index contributed by atoms with van der Waals surface area (Å²) in [4.78, 5) is 1.40. The van der Waals surface area contributed by atoms with Crippen molar-refractivity contribution < 1.29 is 0 Å². The molecule has 0 saturated carbocycles. The molecule has 0 radical (unpaired) electrons. The van der Waals surface area contributed by atoms with E-state index in [1.165, 1.54) is 34.6 Å².